The number of fused-ring (bicyclic) bond motifs is 5. The number of aliphatic hydroxyl groups excluding tert-OH is 1. The molecule has 3 aliphatic heterocycles. The summed E-state index contributed by atoms with van der Waals surface area (Å²) in [4.78, 5) is 38.0. The minimum absolute atomic E-state index is 0.00871. The average molecular weight is 329 g/mol. The van der Waals surface area contributed by atoms with Crippen LogP contribution in [0.3, 0.4) is 0 Å². The predicted molar refractivity (Wildman–Crippen MR) is 81.3 cm³/mol. The number of rotatable bonds is 3. The van der Waals surface area contributed by atoms with E-state index in [2.05, 4.69) is 0 Å². The van der Waals surface area contributed by atoms with Crippen LogP contribution in [0.25, 0.3) is 0 Å². The molecule has 7 nitrogen and oxygen atoms in total. The van der Waals surface area contributed by atoms with Crippen LogP contribution in [0.5, 0.6) is 0 Å². The SMILES string of the molecule is C[C@]12C=C[C@](CO)(O1)[C@@H]1C(=O)N(c3cccc(C(=O)O)c3)C(=O)[C@@H]12. The summed E-state index contributed by atoms with van der Waals surface area (Å²) in [5.74, 6) is -3.58. The number of carbonyl (C=O) groups is 3. The zero-order chi connectivity index (χ0) is 17.3. The number of ether oxygens (including phenoxy) is 1. The maximum absolute atomic E-state index is 12.9. The summed E-state index contributed by atoms with van der Waals surface area (Å²) in [5.41, 5.74) is -1.93. The molecule has 3 heterocycles. The van der Waals surface area contributed by atoms with E-state index in [1.807, 2.05) is 0 Å². The van der Waals surface area contributed by atoms with Crippen molar-refractivity contribution in [2.45, 2.75) is 18.1 Å². The molecule has 0 radical (unpaired) electrons. The van der Waals surface area contributed by atoms with Gasteiger partial charge in [0.05, 0.1) is 35.3 Å². The Morgan fingerprint density at radius 2 is 1.96 bits per heavy atom. The van der Waals surface area contributed by atoms with Gasteiger partial charge in [-0.2, -0.15) is 0 Å². The molecule has 124 valence electrons. The Labute approximate surface area is 137 Å². The number of carboxylic acids is 1. The number of nitrogens with zero attached hydrogens (tertiary/aromatic N) is 1. The van der Waals surface area contributed by atoms with Crippen molar-refractivity contribution in [3.8, 4) is 0 Å². The van der Waals surface area contributed by atoms with E-state index < -0.39 is 47.4 Å². The van der Waals surface area contributed by atoms with E-state index in [4.69, 9.17) is 9.84 Å². The standard InChI is InChI=1S/C17H15NO6/c1-16-5-6-17(8-19,24-16)12-11(16)13(20)18(14(12)21)10-4-2-3-9(7-10)15(22)23/h2-7,11-12,19H,8H2,1H3,(H,22,23)/t11-,12+,16-,17-/m1/s1. The molecule has 3 aliphatic rings. The monoisotopic (exact) mass is 329 g/mol. The third-order valence-corrected chi connectivity index (χ3v) is 5.15. The van der Waals surface area contributed by atoms with Crippen LogP contribution in [-0.4, -0.2) is 45.8 Å². The number of anilines is 1. The van der Waals surface area contributed by atoms with Crippen molar-refractivity contribution >= 4 is 23.5 Å². The maximum Gasteiger partial charge on any atom is 0.335 e. The van der Waals surface area contributed by atoms with Gasteiger partial charge in [-0.25, -0.2) is 9.69 Å². The zero-order valence-corrected chi connectivity index (χ0v) is 12.8. The van der Waals surface area contributed by atoms with Crippen molar-refractivity contribution in [1.82, 2.24) is 0 Å². The number of carboxylic acid groups (broad SMARTS) is 1. The van der Waals surface area contributed by atoms with Crippen LogP contribution in [0.2, 0.25) is 0 Å². The van der Waals surface area contributed by atoms with Gasteiger partial charge in [-0.05, 0) is 25.1 Å². The molecule has 2 fully saturated rings. The number of benzene rings is 1. The number of aliphatic hydroxyl groups is 1. The van der Waals surface area contributed by atoms with Crippen molar-refractivity contribution in [2.24, 2.45) is 11.8 Å². The molecule has 2 N–H and O–H groups in total. The molecule has 0 aromatic heterocycles. The van der Waals surface area contributed by atoms with Gasteiger partial charge in [0.2, 0.25) is 11.8 Å². The molecule has 2 bridgehead atoms. The Bertz CT molecular complexity index is 817. The van der Waals surface area contributed by atoms with E-state index in [1.54, 1.807) is 19.1 Å². The van der Waals surface area contributed by atoms with Crippen molar-refractivity contribution in [1.29, 1.82) is 0 Å². The fourth-order valence-corrected chi connectivity index (χ4v) is 4.07. The van der Waals surface area contributed by atoms with Crippen molar-refractivity contribution in [2.75, 3.05) is 11.5 Å². The normalized spacial score (nSPS) is 36.5. The van der Waals surface area contributed by atoms with Gasteiger partial charge in [-0.15, -0.1) is 0 Å². The zero-order valence-electron chi connectivity index (χ0n) is 12.8. The summed E-state index contributed by atoms with van der Waals surface area (Å²) in [6, 6.07) is 5.69. The first kappa shape index (κ1) is 15.0. The highest BCUT2D eigenvalue weighted by Crippen LogP contribution is 2.57. The van der Waals surface area contributed by atoms with Gasteiger partial charge >= 0.3 is 5.97 Å². The molecular formula is C17H15NO6. The first-order valence-corrected chi connectivity index (χ1v) is 7.55. The van der Waals surface area contributed by atoms with Crippen LogP contribution < -0.4 is 4.90 Å². The second-order valence-corrected chi connectivity index (χ2v) is 6.56. The number of hydrogen-bond acceptors (Lipinski definition) is 5. The molecule has 7 heteroatoms. The van der Waals surface area contributed by atoms with Crippen molar-refractivity contribution < 1.29 is 29.3 Å². The number of aromatic carboxylic acids is 1. The Morgan fingerprint density at radius 1 is 1.25 bits per heavy atom. The maximum atomic E-state index is 12.9. The highest BCUT2D eigenvalue weighted by Gasteiger charge is 2.72. The minimum Gasteiger partial charge on any atom is -0.478 e. The lowest BCUT2D eigenvalue weighted by atomic mass is 9.73. The molecular weight excluding hydrogens is 314 g/mol. The molecule has 0 unspecified atom stereocenters. The van der Waals surface area contributed by atoms with Gasteiger partial charge in [0.25, 0.3) is 0 Å². The molecule has 0 saturated carbocycles. The van der Waals surface area contributed by atoms with Gasteiger partial charge in [0, 0.05) is 0 Å². The summed E-state index contributed by atoms with van der Waals surface area (Å²) >= 11 is 0. The molecule has 4 atom stereocenters. The van der Waals surface area contributed by atoms with E-state index in [0.29, 0.717) is 0 Å². The van der Waals surface area contributed by atoms with Crippen LogP contribution in [0.1, 0.15) is 17.3 Å². The molecule has 1 aromatic rings. The van der Waals surface area contributed by atoms with Gasteiger partial charge in [-0.1, -0.05) is 18.2 Å². The molecule has 1 aromatic carbocycles. The quantitative estimate of drug-likeness (QED) is 0.621. The summed E-state index contributed by atoms with van der Waals surface area (Å²) in [5, 5.41) is 18.9. The van der Waals surface area contributed by atoms with Gasteiger partial charge < -0.3 is 14.9 Å². The molecule has 0 aliphatic carbocycles. The van der Waals surface area contributed by atoms with Gasteiger partial charge in [0.1, 0.15) is 5.60 Å². The fraction of sp³-hybridized carbons (Fsp3) is 0.353. The van der Waals surface area contributed by atoms with E-state index in [9.17, 15) is 19.5 Å². The number of hydrogen-bond donors (Lipinski definition) is 2. The Kier molecular flexibility index (Phi) is 2.83. The van der Waals surface area contributed by atoms with E-state index in [1.165, 1.54) is 24.3 Å². The van der Waals surface area contributed by atoms with Crippen LogP contribution in [-0.2, 0) is 14.3 Å². The summed E-state index contributed by atoms with van der Waals surface area (Å²) in [6.45, 7) is 1.32. The number of imide groups is 1. The lowest BCUT2D eigenvalue weighted by Gasteiger charge is -2.27. The van der Waals surface area contributed by atoms with Crippen LogP contribution in [0.15, 0.2) is 36.4 Å². The third-order valence-electron chi connectivity index (χ3n) is 5.15. The fourth-order valence-electron chi connectivity index (χ4n) is 4.07. The van der Waals surface area contributed by atoms with E-state index in [0.717, 1.165) is 4.90 Å². The Morgan fingerprint density at radius 3 is 2.62 bits per heavy atom. The van der Waals surface area contributed by atoms with Gasteiger partial charge in [-0.3, -0.25) is 9.59 Å². The topological polar surface area (TPSA) is 104 Å². The van der Waals surface area contributed by atoms with Crippen LogP contribution in [0.4, 0.5) is 5.69 Å². The lowest BCUT2D eigenvalue weighted by Crippen LogP contribution is -2.43. The first-order valence-electron chi connectivity index (χ1n) is 7.55. The smallest absolute Gasteiger partial charge is 0.335 e. The number of amides is 2. The molecule has 2 amide bonds. The molecule has 4 rings (SSSR count). The van der Waals surface area contributed by atoms with Crippen molar-refractivity contribution in [3.63, 3.8) is 0 Å². The molecule has 2 saturated heterocycles. The van der Waals surface area contributed by atoms with E-state index >= 15 is 0 Å². The minimum atomic E-state index is -1.19. The Hall–Kier alpha value is -2.51. The highest BCUT2D eigenvalue weighted by atomic mass is 16.5. The predicted octanol–water partition coefficient (Wildman–Crippen LogP) is 0.580. The Balaban J connectivity index is 1.80. The highest BCUT2D eigenvalue weighted by molar-refractivity contribution is 6.23. The van der Waals surface area contributed by atoms with Gasteiger partial charge in [0.15, 0.2) is 0 Å². The summed E-state index contributed by atoms with van der Waals surface area (Å²) in [7, 11) is 0. The van der Waals surface area contributed by atoms with Crippen molar-refractivity contribution in [3.05, 3.63) is 42.0 Å². The second-order valence-electron chi connectivity index (χ2n) is 6.56. The van der Waals surface area contributed by atoms with Crippen LogP contribution >= 0.6 is 0 Å². The summed E-state index contributed by atoms with van der Waals surface area (Å²) in [6.07, 6.45) is 3.36. The lowest BCUT2D eigenvalue weighted by molar-refractivity contribution is -0.131. The average Bonchev–Trinajstić information content (AvgIpc) is 3.13. The van der Waals surface area contributed by atoms with Crippen LogP contribution in [0, 0.1) is 11.8 Å². The summed E-state index contributed by atoms with van der Waals surface area (Å²) < 4.78 is 5.83. The third kappa shape index (κ3) is 1.65. The first-order chi connectivity index (χ1) is 11.3. The largest absolute Gasteiger partial charge is 0.478 e. The van der Waals surface area contributed by atoms with E-state index in [-0.39, 0.29) is 11.3 Å². The molecule has 24 heavy (non-hydrogen) atoms. The molecule has 0 spiro atoms. The second kappa shape index (κ2) is 4.52. The number of carbonyl (C=O) groups excluding carboxylic acids is 2.